The van der Waals surface area contributed by atoms with Crippen LogP contribution in [-0.2, 0) is 11.3 Å². The summed E-state index contributed by atoms with van der Waals surface area (Å²) in [7, 11) is 0. The van der Waals surface area contributed by atoms with Crippen LogP contribution in [0.15, 0.2) is 85.3 Å². The number of anilines is 2. The van der Waals surface area contributed by atoms with Gasteiger partial charge >= 0.3 is 5.97 Å². The number of carbonyl (C=O) groups is 2. The minimum Gasteiger partial charge on any atom is -0.480 e. The van der Waals surface area contributed by atoms with Crippen molar-refractivity contribution in [1.82, 2.24) is 19.9 Å². The van der Waals surface area contributed by atoms with Crippen molar-refractivity contribution >= 4 is 23.5 Å². The lowest BCUT2D eigenvalue weighted by Crippen LogP contribution is -2.35. The van der Waals surface area contributed by atoms with Gasteiger partial charge in [0.05, 0.1) is 5.69 Å². The topological polar surface area (TPSA) is 108 Å². The molecule has 0 fully saturated rings. The number of benzene rings is 2. The van der Waals surface area contributed by atoms with E-state index in [1.807, 2.05) is 55.5 Å². The molecule has 0 aliphatic heterocycles. The Morgan fingerprint density at radius 1 is 1.00 bits per heavy atom. The Morgan fingerprint density at radius 2 is 1.82 bits per heavy atom. The second kappa shape index (κ2) is 10.4. The van der Waals surface area contributed by atoms with Crippen LogP contribution in [0.4, 0.5) is 11.6 Å². The van der Waals surface area contributed by atoms with E-state index in [1.165, 1.54) is 4.90 Å². The van der Waals surface area contributed by atoms with Crippen molar-refractivity contribution in [3.05, 3.63) is 102 Å². The van der Waals surface area contributed by atoms with Crippen LogP contribution in [0.3, 0.4) is 0 Å². The number of amides is 1. The Morgan fingerprint density at radius 3 is 2.56 bits per heavy atom. The van der Waals surface area contributed by atoms with Gasteiger partial charge in [0.1, 0.15) is 6.54 Å². The van der Waals surface area contributed by atoms with E-state index in [0.29, 0.717) is 22.9 Å². The maximum absolute atomic E-state index is 13.2. The first-order chi connectivity index (χ1) is 16.5. The molecule has 0 saturated heterocycles. The molecular formula is C26H23N5O3. The molecule has 2 heterocycles. The van der Waals surface area contributed by atoms with E-state index >= 15 is 0 Å². The van der Waals surface area contributed by atoms with Crippen LogP contribution < -0.4 is 5.32 Å². The number of nitrogens with zero attached hydrogens (tertiary/aromatic N) is 4. The van der Waals surface area contributed by atoms with Crippen molar-refractivity contribution in [3.63, 3.8) is 0 Å². The van der Waals surface area contributed by atoms with Crippen molar-refractivity contribution in [3.8, 4) is 11.3 Å². The average molecular weight is 454 g/mol. The van der Waals surface area contributed by atoms with Crippen LogP contribution in [0.1, 0.15) is 21.5 Å². The third-order valence-corrected chi connectivity index (χ3v) is 5.17. The molecule has 0 spiro atoms. The Bertz CT molecular complexity index is 1300. The summed E-state index contributed by atoms with van der Waals surface area (Å²) in [6.07, 6.45) is 5.07. The quantitative estimate of drug-likeness (QED) is 0.409. The van der Waals surface area contributed by atoms with Crippen LogP contribution >= 0.6 is 0 Å². The van der Waals surface area contributed by atoms with E-state index in [9.17, 15) is 14.7 Å². The second-order valence-electron chi connectivity index (χ2n) is 7.70. The van der Waals surface area contributed by atoms with Crippen molar-refractivity contribution in [1.29, 1.82) is 0 Å². The van der Waals surface area contributed by atoms with E-state index in [2.05, 4.69) is 20.3 Å². The summed E-state index contributed by atoms with van der Waals surface area (Å²) in [5.74, 6) is -1.07. The third-order valence-electron chi connectivity index (χ3n) is 5.17. The van der Waals surface area contributed by atoms with Gasteiger partial charge in [-0.3, -0.25) is 14.6 Å². The highest BCUT2D eigenvalue weighted by atomic mass is 16.4. The van der Waals surface area contributed by atoms with Crippen molar-refractivity contribution in [2.45, 2.75) is 13.5 Å². The predicted molar refractivity (Wildman–Crippen MR) is 129 cm³/mol. The van der Waals surface area contributed by atoms with Gasteiger partial charge < -0.3 is 15.3 Å². The molecule has 4 rings (SSSR count). The molecule has 0 saturated carbocycles. The summed E-state index contributed by atoms with van der Waals surface area (Å²) in [4.78, 5) is 38.9. The molecule has 170 valence electrons. The number of rotatable bonds is 8. The van der Waals surface area contributed by atoms with Gasteiger partial charge in [-0.2, -0.15) is 0 Å². The van der Waals surface area contributed by atoms with Gasteiger partial charge in [-0.1, -0.05) is 36.4 Å². The maximum atomic E-state index is 13.2. The number of pyridine rings is 1. The summed E-state index contributed by atoms with van der Waals surface area (Å²) in [6, 6.07) is 20.0. The van der Waals surface area contributed by atoms with E-state index in [-0.39, 0.29) is 12.5 Å². The van der Waals surface area contributed by atoms with Crippen LogP contribution in [0.25, 0.3) is 11.3 Å². The van der Waals surface area contributed by atoms with Crippen molar-refractivity contribution in [2.75, 3.05) is 11.9 Å². The normalized spacial score (nSPS) is 10.5. The van der Waals surface area contributed by atoms with Crippen LogP contribution in [-0.4, -0.2) is 43.4 Å². The predicted octanol–water partition coefficient (Wildman–Crippen LogP) is 4.32. The standard InChI is InChI=1S/C26H23N5O3/c1-18-9-10-20(25(34)31(17-24(32)33)16-19-6-3-2-4-7-19)14-23(18)30-26-28-13-11-22(29-26)21-8-5-12-27-15-21/h2-15H,16-17H2,1H3,(H,32,33)(H,28,29,30). The van der Waals surface area contributed by atoms with Crippen molar-refractivity contribution in [2.24, 2.45) is 0 Å². The lowest BCUT2D eigenvalue weighted by atomic mass is 10.1. The average Bonchev–Trinajstić information content (AvgIpc) is 2.86. The van der Waals surface area contributed by atoms with Crippen molar-refractivity contribution < 1.29 is 14.7 Å². The second-order valence-corrected chi connectivity index (χ2v) is 7.70. The van der Waals surface area contributed by atoms with Gasteiger partial charge in [0, 0.05) is 41.9 Å². The van der Waals surface area contributed by atoms with E-state index in [4.69, 9.17) is 0 Å². The van der Waals surface area contributed by atoms with Gasteiger partial charge in [0.2, 0.25) is 5.95 Å². The summed E-state index contributed by atoms with van der Waals surface area (Å²) in [5.41, 5.74) is 4.34. The lowest BCUT2D eigenvalue weighted by Gasteiger charge is -2.21. The number of aliphatic carboxylic acids is 1. The largest absolute Gasteiger partial charge is 0.480 e. The van der Waals surface area contributed by atoms with Gasteiger partial charge in [0.25, 0.3) is 5.91 Å². The molecule has 0 bridgehead atoms. The fourth-order valence-electron chi connectivity index (χ4n) is 3.45. The number of hydrogen-bond donors (Lipinski definition) is 2. The van der Waals surface area contributed by atoms with Gasteiger partial charge in [0.15, 0.2) is 0 Å². The molecule has 8 nitrogen and oxygen atoms in total. The molecule has 0 atom stereocenters. The molecule has 0 aliphatic rings. The first kappa shape index (κ1) is 22.6. The van der Waals surface area contributed by atoms with E-state index < -0.39 is 12.5 Å². The van der Waals surface area contributed by atoms with E-state index in [0.717, 1.165) is 16.7 Å². The number of aryl methyl sites for hydroxylation is 1. The van der Waals surface area contributed by atoms with Gasteiger partial charge in [-0.25, -0.2) is 9.97 Å². The number of carboxylic acid groups (broad SMARTS) is 1. The lowest BCUT2D eigenvalue weighted by molar-refractivity contribution is -0.137. The molecule has 0 radical (unpaired) electrons. The highest BCUT2D eigenvalue weighted by molar-refractivity contribution is 5.97. The molecule has 1 amide bonds. The zero-order chi connectivity index (χ0) is 23.9. The van der Waals surface area contributed by atoms with Gasteiger partial charge in [-0.15, -0.1) is 0 Å². The Kier molecular flexibility index (Phi) is 6.88. The molecule has 4 aromatic rings. The fourth-order valence-corrected chi connectivity index (χ4v) is 3.45. The highest BCUT2D eigenvalue weighted by Crippen LogP contribution is 2.23. The Labute approximate surface area is 197 Å². The first-order valence-electron chi connectivity index (χ1n) is 10.7. The monoisotopic (exact) mass is 453 g/mol. The number of aromatic nitrogens is 3. The molecule has 2 aromatic heterocycles. The number of carboxylic acids is 1. The molecule has 0 unspecified atom stereocenters. The Balaban J connectivity index is 1.58. The number of carbonyl (C=O) groups excluding carboxylic acids is 1. The van der Waals surface area contributed by atoms with Gasteiger partial charge in [-0.05, 0) is 48.4 Å². The summed E-state index contributed by atoms with van der Waals surface area (Å²) in [5, 5.41) is 12.5. The summed E-state index contributed by atoms with van der Waals surface area (Å²) in [6.45, 7) is 1.69. The fraction of sp³-hybridized carbons (Fsp3) is 0.115. The number of hydrogen-bond acceptors (Lipinski definition) is 6. The van der Waals surface area contributed by atoms with E-state index in [1.54, 1.807) is 36.8 Å². The highest BCUT2D eigenvalue weighted by Gasteiger charge is 2.20. The van der Waals surface area contributed by atoms with Crippen LogP contribution in [0, 0.1) is 6.92 Å². The van der Waals surface area contributed by atoms with Crippen LogP contribution in [0.5, 0.6) is 0 Å². The zero-order valence-corrected chi connectivity index (χ0v) is 18.5. The third kappa shape index (κ3) is 5.60. The molecule has 2 aromatic carbocycles. The summed E-state index contributed by atoms with van der Waals surface area (Å²) >= 11 is 0. The molecular weight excluding hydrogens is 430 g/mol. The van der Waals surface area contributed by atoms with Crippen LogP contribution in [0.2, 0.25) is 0 Å². The number of nitrogens with one attached hydrogen (secondary N) is 1. The molecule has 2 N–H and O–H groups in total. The minimum absolute atomic E-state index is 0.193. The zero-order valence-electron chi connectivity index (χ0n) is 18.5. The molecule has 34 heavy (non-hydrogen) atoms. The maximum Gasteiger partial charge on any atom is 0.323 e. The summed E-state index contributed by atoms with van der Waals surface area (Å²) < 4.78 is 0. The Hall–Kier alpha value is -4.59. The molecule has 8 heteroatoms. The SMILES string of the molecule is Cc1ccc(C(=O)N(CC(=O)O)Cc2ccccc2)cc1Nc1nccc(-c2cccnc2)n1. The first-order valence-corrected chi connectivity index (χ1v) is 10.7. The smallest absolute Gasteiger partial charge is 0.323 e. The molecule has 0 aliphatic carbocycles. The minimum atomic E-state index is -1.07.